The van der Waals surface area contributed by atoms with Crippen LogP contribution in [0, 0.1) is 0 Å². The van der Waals surface area contributed by atoms with Crippen LogP contribution in [0.2, 0.25) is 0 Å². The van der Waals surface area contributed by atoms with Crippen LogP contribution < -0.4 is 0 Å². The maximum atomic E-state index is 6.24. The molecular weight excluding hydrogens is 280 g/mol. The molecule has 0 amide bonds. The van der Waals surface area contributed by atoms with E-state index in [1.165, 1.54) is 0 Å². The van der Waals surface area contributed by atoms with Crippen molar-refractivity contribution in [3.05, 3.63) is 0 Å². The quantitative estimate of drug-likeness (QED) is 0.482. The fraction of sp³-hybridized carbons (Fsp3) is 1.00. The Labute approximate surface area is 136 Å². The number of methoxy groups -OCH3 is 1. The topological polar surface area (TPSA) is 40.2 Å². The zero-order valence-electron chi connectivity index (χ0n) is 15.4. The predicted octanol–water partition coefficient (Wildman–Crippen LogP) is 3.96. The van der Waals surface area contributed by atoms with Crippen LogP contribution in [0.25, 0.3) is 0 Å². The van der Waals surface area contributed by atoms with Crippen molar-refractivity contribution in [3.8, 4) is 0 Å². The molecule has 1 aliphatic rings. The minimum atomic E-state index is -0.123. The summed E-state index contributed by atoms with van der Waals surface area (Å²) >= 11 is 0. The van der Waals surface area contributed by atoms with Gasteiger partial charge in [0.15, 0.2) is 0 Å². The van der Waals surface area contributed by atoms with Gasteiger partial charge in [0.25, 0.3) is 0 Å². The van der Waals surface area contributed by atoms with Crippen molar-refractivity contribution in [2.24, 2.45) is 0 Å². The van der Waals surface area contributed by atoms with Gasteiger partial charge in [0.05, 0.1) is 37.1 Å². The lowest BCUT2D eigenvalue weighted by Crippen LogP contribution is -2.38. The van der Waals surface area contributed by atoms with E-state index in [2.05, 4.69) is 34.6 Å². The van der Waals surface area contributed by atoms with Gasteiger partial charge in [-0.25, -0.2) is 0 Å². The Balaban J connectivity index is 2.44. The minimum Gasteiger partial charge on any atom is -0.382 e. The van der Waals surface area contributed by atoms with Gasteiger partial charge in [-0.2, -0.15) is 0 Å². The molecule has 3 atom stereocenters. The van der Waals surface area contributed by atoms with Crippen LogP contribution in [-0.4, -0.2) is 50.3 Å². The van der Waals surface area contributed by atoms with E-state index >= 15 is 0 Å². The highest BCUT2D eigenvalue weighted by molar-refractivity contribution is 4.82. The van der Waals surface area contributed by atoms with Crippen LogP contribution in [0.5, 0.6) is 0 Å². The lowest BCUT2D eigenvalue weighted by atomic mass is 9.92. The van der Waals surface area contributed by atoms with E-state index in [1.807, 2.05) is 0 Å². The first-order valence-corrected chi connectivity index (χ1v) is 8.85. The van der Waals surface area contributed by atoms with Crippen molar-refractivity contribution < 1.29 is 18.9 Å². The Morgan fingerprint density at radius 1 is 1.14 bits per heavy atom. The highest BCUT2D eigenvalue weighted by atomic mass is 16.6. The van der Waals surface area contributed by atoms with E-state index in [4.69, 9.17) is 18.9 Å². The van der Waals surface area contributed by atoms with Gasteiger partial charge >= 0.3 is 0 Å². The Morgan fingerprint density at radius 2 is 1.77 bits per heavy atom. The van der Waals surface area contributed by atoms with Crippen molar-refractivity contribution in [2.45, 2.75) is 90.1 Å². The van der Waals surface area contributed by atoms with Crippen molar-refractivity contribution in [1.82, 2.24) is 0 Å². The SMILES string of the molecule is CCC(C)(CC(C)OC)OCCC(CC)(CC)OCC1CO1. The third kappa shape index (κ3) is 6.53. The highest BCUT2D eigenvalue weighted by Crippen LogP contribution is 2.29. The van der Waals surface area contributed by atoms with E-state index in [9.17, 15) is 0 Å². The van der Waals surface area contributed by atoms with Crippen molar-refractivity contribution in [2.75, 3.05) is 26.9 Å². The molecule has 0 bridgehead atoms. The average molecular weight is 316 g/mol. The summed E-state index contributed by atoms with van der Waals surface area (Å²) in [5.74, 6) is 0. The molecule has 0 aromatic heterocycles. The largest absolute Gasteiger partial charge is 0.382 e. The summed E-state index contributed by atoms with van der Waals surface area (Å²) in [5.41, 5.74) is -0.199. The number of hydrogen-bond donors (Lipinski definition) is 0. The maximum absolute atomic E-state index is 6.24. The van der Waals surface area contributed by atoms with Crippen LogP contribution in [0.4, 0.5) is 0 Å². The molecule has 1 aliphatic heterocycles. The van der Waals surface area contributed by atoms with E-state index in [0.717, 1.165) is 45.3 Å². The molecule has 4 heteroatoms. The average Bonchev–Trinajstić information content (AvgIpc) is 3.35. The summed E-state index contributed by atoms with van der Waals surface area (Å²) in [6.07, 6.45) is 5.40. The second kappa shape index (κ2) is 9.21. The molecule has 132 valence electrons. The van der Waals surface area contributed by atoms with E-state index in [-0.39, 0.29) is 17.3 Å². The second-order valence-electron chi connectivity index (χ2n) is 6.81. The third-order valence-corrected chi connectivity index (χ3v) is 5.14. The molecule has 1 heterocycles. The van der Waals surface area contributed by atoms with E-state index in [1.54, 1.807) is 7.11 Å². The van der Waals surface area contributed by atoms with Gasteiger partial charge in [-0.15, -0.1) is 0 Å². The summed E-state index contributed by atoms with van der Waals surface area (Å²) in [6.45, 7) is 13.1. The van der Waals surface area contributed by atoms with Crippen LogP contribution in [0.1, 0.15) is 66.7 Å². The molecule has 1 fully saturated rings. The standard InChI is InChI=1S/C18H36O4/c1-7-17(5,12-15(4)19-6)21-11-10-18(8-2,9-3)22-14-16-13-20-16/h15-16H,7-14H2,1-6H3. The van der Waals surface area contributed by atoms with Gasteiger partial charge in [0.1, 0.15) is 6.10 Å². The monoisotopic (exact) mass is 316 g/mol. The fourth-order valence-corrected chi connectivity index (χ4v) is 2.79. The molecule has 4 nitrogen and oxygen atoms in total. The maximum Gasteiger partial charge on any atom is 0.104 e. The van der Waals surface area contributed by atoms with Gasteiger partial charge in [-0.3, -0.25) is 0 Å². The smallest absolute Gasteiger partial charge is 0.104 e. The predicted molar refractivity (Wildman–Crippen MR) is 89.4 cm³/mol. The van der Waals surface area contributed by atoms with Crippen LogP contribution in [0.15, 0.2) is 0 Å². The number of hydrogen-bond acceptors (Lipinski definition) is 4. The summed E-state index contributed by atoms with van der Waals surface area (Å²) in [5, 5.41) is 0. The van der Waals surface area contributed by atoms with Crippen LogP contribution >= 0.6 is 0 Å². The molecule has 0 radical (unpaired) electrons. The number of ether oxygens (including phenoxy) is 4. The Kier molecular flexibility index (Phi) is 8.33. The summed E-state index contributed by atoms with van der Waals surface area (Å²) < 4.78 is 23.1. The molecule has 0 aliphatic carbocycles. The van der Waals surface area contributed by atoms with Crippen LogP contribution in [-0.2, 0) is 18.9 Å². The van der Waals surface area contributed by atoms with Gasteiger partial charge < -0.3 is 18.9 Å². The molecule has 0 saturated carbocycles. The lowest BCUT2D eigenvalue weighted by molar-refractivity contribution is -0.110. The van der Waals surface area contributed by atoms with E-state index < -0.39 is 0 Å². The Morgan fingerprint density at radius 3 is 2.23 bits per heavy atom. The molecule has 0 N–H and O–H groups in total. The fourth-order valence-electron chi connectivity index (χ4n) is 2.79. The van der Waals surface area contributed by atoms with Gasteiger partial charge in [-0.05, 0) is 39.5 Å². The van der Waals surface area contributed by atoms with Crippen LogP contribution in [0.3, 0.4) is 0 Å². The third-order valence-electron chi connectivity index (χ3n) is 5.14. The molecule has 0 aromatic carbocycles. The molecule has 1 saturated heterocycles. The molecule has 0 spiro atoms. The number of epoxide rings is 1. The first kappa shape index (κ1) is 19.9. The molecule has 0 aromatic rings. The molecule has 1 rings (SSSR count). The molecule has 3 unspecified atom stereocenters. The first-order valence-electron chi connectivity index (χ1n) is 8.85. The Bertz CT molecular complexity index is 299. The van der Waals surface area contributed by atoms with Crippen molar-refractivity contribution in [1.29, 1.82) is 0 Å². The zero-order valence-corrected chi connectivity index (χ0v) is 15.4. The van der Waals surface area contributed by atoms with Crippen molar-refractivity contribution in [3.63, 3.8) is 0 Å². The van der Waals surface area contributed by atoms with E-state index in [0.29, 0.717) is 12.7 Å². The lowest BCUT2D eigenvalue weighted by Gasteiger charge is -2.35. The van der Waals surface area contributed by atoms with Crippen molar-refractivity contribution >= 4 is 0 Å². The highest BCUT2D eigenvalue weighted by Gasteiger charge is 2.33. The van der Waals surface area contributed by atoms with Gasteiger partial charge in [-0.1, -0.05) is 20.8 Å². The molecular formula is C18H36O4. The molecule has 22 heavy (non-hydrogen) atoms. The Hall–Kier alpha value is -0.160. The van der Waals surface area contributed by atoms with Gasteiger partial charge in [0.2, 0.25) is 0 Å². The summed E-state index contributed by atoms with van der Waals surface area (Å²) in [7, 11) is 1.76. The van der Waals surface area contributed by atoms with Gasteiger partial charge in [0, 0.05) is 13.5 Å². The zero-order chi connectivity index (χ0) is 16.6. The normalized spacial score (nSPS) is 22.4. The second-order valence-corrected chi connectivity index (χ2v) is 6.81. The first-order chi connectivity index (χ1) is 10.4. The summed E-state index contributed by atoms with van der Waals surface area (Å²) in [6, 6.07) is 0. The summed E-state index contributed by atoms with van der Waals surface area (Å²) in [4.78, 5) is 0. The minimum absolute atomic E-state index is 0.0759. The number of rotatable bonds is 13.